The van der Waals surface area contributed by atoms with Gasteiger partial charge in [0.05, 0.1) is 0 Å². The van der Waals surface area contributed by atoms with Crippen LogP contribution in [-0.4, -0.2) is 23.4 Å². The number of carbonyl (C=O) groups excluding carboxylic acids is 1. The van der Waals surface area contributed by atoms with Gasteiger partial charge in [-0.1, -0.05) is 12.1 Å². The number of nitrogens with two attached hydrogens (primary N) is 1. The second kappa shape index (κ2) is 5.91. The lowest BCUT2D eigenvalue weighted by atomic mass is 10.2. The van der Waals surface area contributed by atoms with Gasteiger partial charge in [-0.25, -0.2) is 0 Å². The zero-order valence-corrected chi connectivity index (χ0v) is 11.7. The molecule has 2 N–H and O–H groups in total. The van der Waals surface area contributed by atoms with Gasteiger partial charge in [0.1, 0.15) is 0 Å². The molecule has 0 saturated heterocycles. The molecule has 19 heavy (non-hydrogen) atoms. The van der Waals surface area contributed by atoms with Crippen LogP contribution in [0.1, 0.15) is 32.3 Å². The highest BCUT2D eigenvalue weighted by molar-refractivity contribution is 5.92. The smallest absolute Gasteiger partial charge is 0.246 e. The van der Waals surface area contributed by atoms with E-state index in [-0.39, 0.29) is 11.9 Å². The summed E-state index contributed by atoms with van der Waals surface area (Å²) < 4.78 is 0. The molecule has 1 amide bonds. The Morgan fingerprint density at radius 3 is 2.79 bits per heavy atom. The summed E-state index contributed by atoms with van der Waals surface area (Å²) >= 11 is 0. The average molecular weight is 258 g/mol. The molecule has 3 nitrogen and oxygen atoms in total. The molecular formula is C16H22N2O. The zero-order valence-electron chi connectivity index (χ0n) is 11.7. The standard InChI is InChI=1S/C16H22N2O/c1-12(2)18(11-14-6-7-14)16(19)9-8-13-4-3-5-15(17)10-13/h3-5,8-10,12,14H,6-7,11,17H2,1-2H3/b9-8+. The van der Waals surface area contributed by atoms with Gasteiger partial charge in [-0.05, 0) is 56.4 Å². The lowest BCUT2D eigenvalue weighted by Crippen LogP contribution is -2.37. The van der Waals surface area contributed by atoms with Crippen molar-refractivity contribution >= 4 is 17.7 Å². The maximum absolute atomic E-state index is 12.2. The quantitative estimate of drug-likeness (QED) is 0.652. The van der Waals surface area contributed by atoms with Gasteiger partial charge in [0.2, 0.25) is 5.91 Å². The third-order valence-corrected chi connectivity index (χ3v) is 3.39. The molecule has 0 atom stereocenters. The fraction of sp³-hybridized carbons (Fsp3) is 0.438. The van der Waals surface area contributed by atoms with Gasteiger partial charge in [0.25, 0.3) is 0 Å². The first kappa shape index (κ1) is 13.7. The lowest BCUT2D eigenvalue weighted by molar-refractivity contribution is -0.127. The van der Waals surface area contributed by atoms with E-state index in [2.05, 4.69) is 13.8 Å². The highest BCUT2D eigenvalue weighted by Crippen LogP contribution is 2.30. The van der Waals surface area contributed by atoms with Crippen molar-refractivity contribution in [3.8, 4) is 0 Å². The van der Waals surface area contributed by atoms with E-state index in [0.29, 0.717) is 11.6 Å². The van der Waals surface area contributed by atoms with Gasteiger partial charge in [0, 0.05) is 24.4 Å². The Labute approximate surface area is 115 Å². The van der Waals surface area contributed by atoms with Crippen LogP contribution in [0.4, 0.5) is 5.69 Å². The van der Waals surface area contributed by atoms with E-state index in [0.717, 1.165) is 12.1 Å². The normalized spacial score (nSPS) is 15.1. The lowest BCUT2D eigenvalue weighted by Gasteiger charge is -2.25. The minimum Gasteiger partial charge on any atom is -0.399 e. The number of nitrogens with zero attached hydrogens (tertiary/aromatic N) is 1. The van der Waals surface area contributed by atoms with Crippen molar-refractivity contribution in [1.29, 1.82) is 0 Å². The predicted octanol–water partition coefficient (Wildman–Crippen LogP) is 2.93. The topological polar surface area (TPSA) is 46.3 Å². The number of anilines is 1. The maximum Gasteiger partial charge on any atom is 0.246 e. The van der Waals surface area contributed by atoms with E-state index >= 15 is 0 Å². The number of hydrogen-bond acceptors (Lipinski definition) is 2. The molecule has 0 heterocycles. The fourth-order valence-corrected chi connectivity index (χ4v) is 2.06. The van der Waals surface area contributed by atoms with Gasteiger partial charge in [-0.3, -0.25) is 4.79 Å². The monoisotopic (exact) mass is 258 g/mol. The van der Waals surface area contributed by atoms with Crippen molar-refractivity contribution < 1.29 is 4.79 Å². The summed E-state index contributed by atoms with van der Waals surface area (Å²) in [5, 5.41) is 0. The summed E-state index contributed by atoms with van der Waals surface area (Å²) in [6.07, 6.45) is 6.00. The van der Waals surface area contributed by atoms with E-state index in [1.165, 1.54) is 12.8 Å². The molecular weight excluding hydrogens is 236 g/mol. The molecule has 102 valence electrons. The molecule has 1 aromatic rings. The van der Waals surface area contributed by atoms with Crippen molar-refractivity contribution in [2.24, 2.45) is 5.92 Å². The third kappa shape index (κ3) is 4.12. The van der Waals surface area contributed by atoms with E-state index in [9.17, 15) is 4.79 Å². The first-order valence-corrected chi connectivity index (χ1v) is 6.90. The van der Waals surface area contributed by atoms with Gasteiger partial charge in [0.15, 0.2) is 0 Å². The number of hydrogen-bond donors (Lipinski definition) is 1. The number of carbonyl (C=O) groups is 1. The van der Waals surface area contributed by atoms with E-state index in [1.54, 1.807) is 6.08 Å². The van der Waals surface area contributed by atoms with Crippen molar-refractivity contribution in [1.82, 2.24) is 4.90 Å². The number of rotatable bonds is 5. The van der Waals surface area contributed by atoms with Crippen molar-refractivity contribution in [2.75, 3.05) is 12.3 Å². The first-order chi connectivity index (χ1) is 9.06. The second-order valence-electron chi connectivity index (χ2n) is 5.53. The van der Waals surface area contributed by atoms with Crippen LogP contribution >= 0.6 is 0 Å². The van der Waals surface area contributed by atoms with Crippen LogP contribution in [0.5, 0.6) is 0 Å². The molecule has 0 aromatic heterocycles. The Kier molecular flexibility index (Phi) is 4.25. The van der Waals surface area contributed by atoms with Gasteiger partial charge >= 0.3 is 0 Å². The fourth-order valence-electron chi connectivity index (χ4n) is 2.06. The molecule has 1 aliphatic carbocycles. The summed E-state index contributed by atoms with van der Waals surface area (Å²) in [4.78, 5) is 14.2. The van der Waals surface area contributed by atoms with E-state index in [4.69, 9.17) is 5.73 Å². The summed E-state index contributed by atoms with van der Waals surface area (Å²) in [6, 6.07) is 7.79. The molecule has 0 radical (unpaired) electrons. The predicted molar refractivity (Wildman–Crippen MR) is 79.5 cm³/mol. The van der Waals surface area contributed by atoms with Crippen LogP contribution in [0.2, 0.25) is 0 Å². The minimum atomic E-state index is 0.0873. The highest BCUT2D eigenvalue weighted by Gasteiger charge is 2.27. The average Bonchev–Trinajstić information content (AvgIpc) is 3.17. The molecule has 1 saturated carbocycles. The van der Waals surface area contributed by atoms with Gasteiger partial charge in [-0.2, -0.15) is 0 Å². The molecule has 0 aliphatic heterocycles. The minimum absolute atomic E-state index is 0.0873. The zero-order chi connectivity index (χ0) is 13.8. The van der Waals surface area contributed by atoms with Crippen molar-refractivity contribution in [3.05, 3.63) is 35.9 Å². The molecule has 1 aliphatic rings. The summed E-state index contributed by atoms with van der Waals surface area (Å²) in [5.41, 5.74) is 7.40. The molecule has 3 heteroatoms. The number of amides is 1. The molecule has 2 rings (SSSR count). The molecule has 0 unspecified atom stereocenters. The van der Waals surface area contributed by atoms with Crippen LogP contribution in [0.25, 0.3) is 6.08 Å². The third-order valence-electron chi connectivity index (χ3n) is 3.39. The Balaban J connectivity index is 2.01. The van der Waals surface area contributed by atoms with E-state index < -0.39 is 0 Å². The van der Waals surface area contributed by atoms with E-state index in [1.807, 2.05) is 35.2 Å². The second-order valence-corrected chi connectivity index (χ2v) is 5.53. The first-order valence-electron chi connectivity index (χ1n) is 6.90. The Hall–Kier alpha value is -1.77. The molecule has 1 fully saturated rings. The van der Waals surface area contributed by atoms with Crippen LogP contribution in [0, 0.1) is 5.92 Å². The van der Waals surface area contributed by atoms with Crippen LogP contribution in [0.15, 0.2) is 30.3 Å². The Morgan fingerprint density at radius 2 is 2.21 bits per heavy atom. The summed E-state index contributed by atoms with van der Waals surface area (Å²) in [6.45, 7) is 5.01. The van der Waals surface area contributed by atoms with Gasteiger partial charge in [-0.15, -0.1) is 0 Å². The number of nitrogen functional groups attached to an aromatic ring is 1. The van der Waals surface area contributed by atoms with Crippen LogP contribution in [-0.2, 0) is 4.79 Å². The highest BCUT2D eigenvalue weighted by atomic mass is 16.2. The van der Waals surface area contributed by atoms with Gasteiger partial charge < -0.3 is 10.6 Å². The van der Waals surface area contributed by atoms with Crippen LogP contribution in [0.3, 0.4) is 0 Å². The largest absolute Gasteiger partial charge is 0.399 e. The summed E-state index contributed by atoms with van der Waals surface area (Å²) in [5.74, 6) is 0.802. The van der Waals surface area contributed by atoms with Crippen molar-refractivity contribution in [2.45, 2.75) is 32.7 Å². The molecule has 1 aromatic carbocycles. The number of benzene rings is 1. The molecule has 0 bridgehead atoms. The van der Waals surface area contributed by atoms with Crippen molar-refractivity contribution in [3.63, 3.8) is 0 Å². The van der Waals surface area contributed by atoms with Crippen LogP contribution < -0.4 is 5.73 Å². The maximum atomic E-state index is 12.2. The Morgan fingerprint density at radius 1 is 1.47 bits per heavy atom. The SMILES string of the molecule is CC(C)N(CC1CC1)C(=O)/C=C/c1cccc(N)c1. The summed E-state index contributed by atoms with van der Waals surface area (Å²) in [7, 11) is 0. The Bertz CT molecular complexity index is 475. The molecule has 0 spiro atoms.